The fourth-order valence-electron chi connectivity index (χ4n) is 2.45. The second-order valence-corrected chi connectivity index (χ2v) is 5.15. The van der Waals surface area contributed by atoms with Crippen LogP contribution in [0.1, 0.15) is 10.4 Å². The molecule has 1 heterocycles. The van der Waals surface area contributed by atoms with Gasteiger partial charge < -0.3 is 9.64 Å². The first kappa shape index (κ1) is 13.2. The predicted octanol–water partition coefficient (Wildman–Crippen LogP) is 2.68. The number of nitrogens with zero attached hydrogens (tertiary/aromatic N) is 1. The molecule has 0 N–H and O–H groups in total. The normalized spacial score (nSPS) is 15.3. The SMILES string of the molecule is O=C(C(=S)N1CCOCC1)c1cccc2ccccc12. The van der Waals surface area contributed by atoms with Gasteiger partial charge in [0.05, 0.1) is 13.2 Å². The molecular formula is C16H15NO2S. The Morgan fingerprint density at radius 3 is 2.55 bits per heavy atom. The van der Waals surface area contributed by atoms with Gasteiger partial charge in [-0.15, -0.1) is 0 Å². The lowest BCUT2D eigenvalue weighted by Crippen LogP contribution is -2.43. The number of ether oxygens (including phenoxy) is 1. The summed E-state index contributed by atoms with van der Waals surface area (Å²) in [6.45, 7) is 2.64. The number of carbonyl (C=O) groups excluding carboxylic acids is 1. The maximum Gasteiger partial charge on any atom is 0.220 e. The average Bonchev–Trinajstić information content (AvgIpc) is 2.54. The van der Waals surface area contributed by atoms with E-state index in [1.54, 1.807) is 0 Å². The van der Waals surface area contributed by atoms with Crippen LogP contribution in [0.3, 0.4) is 0 Å². The monoisotopic (exact) mass is 285 g/mol. The number of ketones is 1. The van der Waals surface area contributed by atoms with Crippen LogP contribution in [-0.4, -0.2) is 42.0 Å². The molecule has 0 aliphatic carbocycles. The highest BCUT2D eigenvalue weighted by Gasteiger charge is 2.22. The molecule has 3 nitrogen and oxygen atoms in total. The molecule has 0 atom stereocenters. The molecule has 1 saturated heterocycles. The average molecular weight is 285 g/mol. The van der Waals surface area contributed by atoms with Crippen LogP contribution in [0.5, 0.6) is 0 Å². The molecule has 0 amide bonds. The van der Waals surface area contributed by atoms with Crippen molar-refractivity contribution in [1.82, 2.24) is 4.90 Å². The van der Waals surface area contributed by atoms with Crippen LogP contribution in [0.4, 0.5) is 0 Å². The summed E-state index contributed by atoms with van der Waals surface area (Å²) in [5, 5.41) is 2.01. The fourth-order valence-corrected chi connectivity index (χ4v) is 2.74. The number of carbonyl (C=O) groups is 1. The highest BCUT2D eigenvalue weighted by atomic mass is 32.1. The summed E-state index contributed by atoms with van der Waals surface area (Å²) >= 11 is 5.36. The minimum atomic E-state index is -0.0706. The summed E-state index contributed by atoms with van der Waals surface area (Å²) in [5.41, 5.74) is 0.680. The minimum Gasteiger partial charge on any atom is -0.378 e. The number of thiocarbonyl (C=S) groups is 1. The number of rotatable bonds is 2. The number of morpholine rings is 1. The highest BCUT2D eigenvalue weighted by Crippen LogP contribution is 2.20. The van der Waals surface area contributed by atoms with Crippen LogP contribution in [0, 0.1) is 0 Å². The number of fused-ring (bicyclic) bond motifs is 1. The zero-order chi connectivity index (χ0) is 13.9. The van der Waals surface area contributed by atoms with Gasteiger partial charge in [-0.3, -0.25) is 4.79 Å². The Morgan fingerprint density at radius 1 is 1.05 bits per heavy atom. The molecule has 20 heavy (non-hydrogen) atoms. The van der Waals surface area contributed by atoms with E-state index in [4.69, 9.17) is 17.0 Å². The van der Waals surface area contributed by atoms with Crippen molar-refractivity contribution in [2.75, 3.05) is 26.3 Å². The van der Waals surface area contributed by atoms with Gasteiger partial charge in [-0.1, -0.05) is 54.7 Å². The molecule has 1 aliphatic heterocycles. The smallest absolute Gasteiger partial charge is 0.220 e. The van der Waals surface area contributed by atoms with E-state index in [9.17, 15) is 4.79 Å². The van der Waals surface area contributed by atoms with E-state index in [-0.39, 0.29) is 5.78 Å². The van der Waals surface area contributed by atoms with Crippen LogP contribution in [0.15, 0.2) is 42.5 Å². The summed E-state index contributed by atoms with van der Waals surface area (Å²) in [7, 11) is 0. The summed E-state index contributed by atoms with van der Waals surface area (Å²) < 4.78 is 5.29. The van der Waals surface area contributed by atoms with E-state index in [2.05, 4.69) is 0 Å². The molecule has 2 aromatic rings. The minimum absolute atomic E-state index is 0.0706. The van der Waals surface area contributed by atoms with Gasteiger partial charge in [-0.25, -0.2) is 0 Å². The molecular weight excluding hydrogens is 270 g/mol. The molecule has 0 bridgehead atoms. The lowest BCUT2D eigenvalue weighted by molar-refractivity contribution is 0.0671. The Morgan fingerprint density at radius 2 is 1.75 bits per heavy atom. The van der Waals surface area contributed by atoms with Gasteiger partial charge in [0.2, 0.25) is 5.78 Å². The summed E-state index contributed by atoms with van der Waals surface area (Å²) in [6.07, 6.45) is 0. The molecule has 0 radical (unpaired) electrons. The van der Waals surface area contributed by atoms with E-state index in [1.165, 1.54) is 0 Å². The van der Waals surface area contributed by atoms with Gasteiger partial charge in [-0.2, -0.15) is 0 Å². The van der Waals surface area contributed by atoms with Crippen molar-refractivity contribution in [1.29, 1.82) is 0 Å². The predicted molar refractivity (Wildman–Crippen MR) is 83.3 cm³/mol. The number of benzene rings is 2. The quantitative estimate of drug-likeness (QED) is 0.627. The van der Waals surface area contributed by atoms with E-state index in [1.807, 2.05) is 47.4 Å². The molecule has 102 valence electrons. The standard InChI is InChI=1S/C16H15NO2S/c18-15(16(20)17-8-10-19-11-9-17)14-7-3-5-12-4-1-2-6-13(12)14/h1-7H,8-11H2. The van der Waals surface area contributed by atoms with E-state index in [0.717, 1.165) is 10.8 Å². The van der Waals surface area contributed by atoms with Crippen molar-refractivity contribution in [3.63, 3.8) is 0 Å². The molecule has 1 aliphatic rings. The van der Waals surface area contributed by atoms with Crippen LogP contribution in [0.25, 0.3) is 10.8 Å². The molecule has 0 spiro atoms. The molecule has 0 aromatic heterocycles. The molecule has 0 unspecified atom stereocenters. The molecule has 4 heteroatoms. The molecule has 1 fully saturated rings. The van der Waals surface area contributed by atoms with Crippen molar-refractivity contribution >= 4 is 33.8 Å². The first-order valence-electron chi connectivity index (χ1n) is 6.66. The zero-order valence-electron chi connectivity index (χ0n) is 11.0. The van der Waals surface area contributed by atoms with Gasteiger partial charge in [0.15, 0.2) is 4.99 Å². The zero-order valence-corrected chi connectivity index (χ0v) is 11.9. The maximum absolute atomic E-state index is 12.6. The van der Waals surface area contributed by atoms with E-state index < -0.39 is 0 Å². The number of hydrogen-bond donors (Lipinski definition) is 0. The van der Waals surface area contributed by atoms with Gasteiger partial charge in [0.25, 0.3) is 0 Å². The summed E-state index contributed by atoms with van der Waals surface area (Å²) in [4.78, 5) is 15.0. The molecule has 3 rings (SSSR count). The van der Waals surface area contributed by atoms with Crippen molar-refractivity contribution in [2.45, 2.75) is 0 Å². The van der Waals surface area contributed by atoms with Crippen molar-refractivity contribution in [3.8, 4) is 0 Å². The Bertz CT molecular complexity index is 657. The van der Waals surface area contributed by atoms with E-state index >= 15 is 0 Å². The first-order chi connectivity index (χ1) is 9.77. The second-order valence-electron chi connectivity index (χ2n) is 4.76. The fraction of sp³-hybridized carbons (Fsp3) is 0.250. The Kier molecular flexibility index (Phi) is 3.76. The largest absolute Gasteiger partial charge is 0.378 e. The third-order valence-corrected chi connectivity index (χ3v) is 3.97. The first-order valence-corrected chi connectivity index (χ1v) is 7.07. The molecule has 0 saturated carbocycles. The summed E-state index contributed by atoms with van der Waals surface area (Å²) in [5.74, 6) is -0.0706. The lowest BCUT2D eigenvalue weighted by atomic mass is 10.0. The van der Waals surface area contributed by atoms with E-state index in [0.29, 0.717) is 36.9 Å². The van der Waals surface area contributed by atoms with Crippen molar-refractivity contribution < 1.29 is 9.53 Å². The number of Topliss-reactive ketones (excluding diaryl/α,β-unsaturated/α-hetero) is 1. The Labute approximate surface area is 123 Å². The van der Waals surface area contributed by atoms with Gasteiger partial charge in [0.1, 0.15) is 0 Å². The van der Waals surface area contributed by atoms with Gasteiger partial charge >= 0.3 is 0 Å². The molecule has 2 aromatic carbocycles. The van der Waals surface area contributed by atoms with Gasteiger partial charge in [-0.05, 0) is 10.8 Å². The Balaban J connectivity index is 1.94. The third kappa shape index (κ3) is 2.44. The lowest BCUT2D eigenvalue weighted by Gasteiger charge is -2.28. The Hall–Kier alpha value is -1.78. The van der Waals surface area contributed by atoms with Crippen LogP contribution >= 0.6 is 12.2 Å². The van der Waals surface area contributed by atoms with Crippen molar-refractivity contribution in [2.24, 2.45) is 0 Å². The highest BCUT2D eigenvalue weighted by molar-refractivity contribution is 7.82. The summed E-state index contributed by atoms with van der Waals surface area (Å²) in [6, 6.07) is 13.6. The maximum atomic E-state index is 12.6. The van der Waals surface area contributed by atoms with Crippen LogP contribution in [0.2, 0.25) is 0 Å². The van der Waals surface area contributed by atoms with Crippen molar-refractivity contribution in [3.05, 3.63) is 48.0 Å². The second kappa shape index (κ2) is 5.69. The topological polar surface area (TPSA) is 29.5 Å². The van der Waals surface area contributed by atoms with Gasteiger partial charge in [0, 0.05) is 18.7 Å². The van der Waals surface area contributed by atoms with Crippen LogP contribution in [-0.2, 0) is 4.74 Å². The third-order valence-electron chi connectivity index (χ3n) is 3.53. The number of hydrogen-bond acceptors (Lipinski definition) is 3. The van der Waals surface area contributed by atoms with Crippen LogP contribution < -0.4 is 0 Å².